The number of anilines is 1. The number of halogens is 1. The average Bonchev–Trinajstić information content (AvgIpc) is 3.01. The van der Waals surface area contributed by atoms with Crippen LogP contribution in [-0.2, 0) is 4.79 Å². The molecule has 2 rings (SSSR count). The van der Waals surface area contributed by atoms with Gasteiger partial charge in [0.05, 0.1) is 5.69 Å². The third-order valence-electron chi connectivity index (χ3n) is 2.59. The van der Waals surface area contributed by atoms with Crippen molar-refractivity contribution >= 4 is 34.8 Å². The second kappa shape index (κ2) is 6.93. The zero-order valence-electron chi connectivity index (χ0n) is 9.86. The number of carbonyl (C=O) groups is 1. The van der Waals surface area contributed by atoms with E-state index in [1.54, 1.807) is 0 Å². The molecule has 0 atom stereocenters. The van der Waals surface area contributed by atoms with E-state index in [1.807, 2.05) is 7.05 Å². The lowest BCUT2D eigenvalue weighted by atomic mass is 10.3. The van der Waals surface area contributed by atoms with Crippen molar-refractivity contribution in [2.75, 3.05) is 18.9 Å². The Morgan fingerprint density at radius 1 is 1.59 bits per heavy atom. The Labute approximate surface area is 112 Å². The van der Waals surface area contributed by atoms with Gasteiger partial charge in [0.15, 0.2) is 5.13 Å². The molecule has 0 unspecified atom stereocenters. The van der Waals surface area contributed by atoms with Crippen LogP contribution >= 0.6 is 23.7 Å². The van der Waals surface area contributed by atoms with Crippen LogP contribution in [0.15, 0.2) is 5.38 Å². The van der Waals surface area contributed by atoms with Crippen LogP contribution < -0.4 is 10.6 Å². The highest BCUT2D eigenvalue weighted by Gasteiger charge is 2.26. The van der Waals surface area contributed by atoms with E-state index in [2.05, 4.69) is 21.0 Å². The first-order chi connectivity index (χ1) is 7.79. The summed E-state index contributed by atoms with van der Waals surface area (Å²) in [5.41, 5.74) is 1.15. The van der Waals surface area contributed by atoms with Crippen LogP contribution in [0.4, 0.5) is 5.13 Å². The normalized spacial score (nSPS) is 14.2. The highest BCUT2D eigenvalue weighted by Crippen LogP contribution is 2.40. The van der Waals surface area contributed by atoms with Crippen LogP contribution in [0.1, 0.15) is 37.3 Å². The fraction of sp³-hybridized carbons (Fsp3) is 0.636. The summed E-state index contributed by atoms with van der Waals surface area (Å²) in [6.45, 7) is 0.874. The molecule has 96 valence electrons. The molecule has 2 N–H and O–H groups in total. The van der Waals surface area contributed by atoms with Crippen molar-refractivity contribution < 1.29 is 4.79 Å². The Hall–Kier alpha value is -0.650. The standard InChI is InChI=1S/C11H17N3OS.ClH/c1-12-6-2-3-10(15)14-11-13-9(7-16-11)8-4-5-8;/h7-8,12H,2-6H2,1H3,(H,13,14,15);1H. The molecule has 0 aromatic carbocycles. The SMILES string of the molecule is CNCCCC(=O)Nc1nc(C2CC2)cs1.Cl. The second-order valence-electron chi connectivity index (χ2n) is 4.11. The van der Waals surface area contributed by atoms with E-state index in [9.17, 15) is 4.79 Å². The smallest absolute Gasteiger partial charge is 0.226 e. The van der Waals surface area contributed by atoms with Crippen LogP contribution in [0.3, 0.4) is 0 Å². The third-order valence-corrected chi connectivity index (χ3v) is 3.37. The number of nitrogens with zero attached hydrogens (tertiary/aromatic N) is 1. The maximum absolute atomic E-state index is 11.5. The fourth-order valence-electron chi connectivity index (χ4n) is 1.52. The average molecular weight is 276 g/mol. The summed E-state index contributed by atoms with van der Waals surface area (Å²) < 4.78 is 0. The lowest BCUT2D eigenvalue weighted by molar-refractivity contribution is -0.116. The first-order valence-electron chi connectivity index (χ1n) is 5.69. The van der Waals surface area contributed by atoms with Gasteiger partial charge >= 0.3 is 0 Å². The highest BCUT2D eigenvalue weighted by molar-refractivity contribution is 7.13. The van der Waals surface area contributed by atoms with Gasteiger partial charge in [-0.1, -0.05) is 0 Å². The predicted octanol–water partition coefficient (Wildman–Crippen LogP) is 2.38. The monoisotopic (exact) mass is 275 g/mol. The summed E-state index contributed by atoms with van der Waals surface area (Å²) in [6.07, 6.45) is 3.92. The van der Waals surface area contributed by atoms with Crippen LogP contribution in [0, 0.1) is 0 Å². The topological polar surface area (TPSA) is 54.0 Å². The number of thiazole rings is 1. The molecular weight excluding hydrogens is 258 g/mol. The quantitative estimate of drug-likeness (QED) is 0.784. The van der Waals surface area contributed by atoms with Gasteiger partial charge in [-0.2, -0.15) is 0 Å². The lowest BCUT2D eigenvalue weighted by Gasteiger charge is -2.00. The number of hydrogen-bond donors (Lipinski definition) is 2. The molecule has 4 nitrogen and oxygen atoms in total. The van der Waals surface area contributed by atoms with E-state index in [0.29, 0.717) is 12.3 Å². The molecule has 6 heteroatoms. The van der Waals surface area contributed by atoms with Crippen molar-refractivity contribution in [3.05, 3.63) is 11.1 Å². The Morgan fingerprint density at radius 2 is 2.35 bits per heavy atom. The minimum Gasteiger partial charge on any atom is -0.320 e. The summed E-state index contributed by atoms with van der Waals surface area (Å²) >= 11 is 1.53. The van der Waals surface area contributed by atoms with Crippen molar-refractivity contribution in [1.29, 1.82) is 0 Å². The molecule has 1 fully saturated rings. The van der Waals surface area contributed by atoms with E-state index in [0.717, 1.165) is 23.8 Å². The van der Waals surface area contributed by atoms with Gasteiger partial charge in [-0.25, -0.2) is 4.98 Å². The molecule has 0 radical (unpaired) electrons. The summed E-state index contributed by atoms with van der Waals surface area (Å²) in [5, 5.41) is 8.67. The predicted molar refractivity (Wildman–Crippen MR) is 73.1 cm³/mol. The Morgan fingerprint density at radius 3 is 3.00 bits per heavy atom. The molecule has 1 aliphatic carbocycles. The molecule has 1 heterocycles. The number of hydrogen-bond acceptors (Lipinski definition) is 4. The van der Waals surface area contributed by atoms with Gasteiger partial charge in [-0.05, 0) is 32.9 Å². The molecule has 17 heavy (non-hydrogen) atoms. The van der Waals surface area contributed by atoms with Crippen LogP contribution in [0.5, 0.6) is 0 Å². The molecule has 0 spiro atoms. The van der Waals surface area contributed by atoms with Gasteiger partial charge in [0, 0.05) is 17.7 Å². The Bertz CT molecular complexity index is 365. The van der Waals surface area contributed by atoms with Gasteiger partial charge in [0.1, 0.15) is 0 Å². The van der Waals surface area contributed by atoms with E-state index >= 15 is 0 Å². The molecule has 1 aromatic heterocycles. The molecular formula is C11H18ClN3OS. The summed E-state index contributed by atoms with van der Waals surface area (Å²) in [5.74, 6) is 0.721. The van der Waals surface area contributed by atoms with Crippen LogP contribution in [0.25, 0.3) is 0 Å². The Balaban J connectivity index is 0.00000144. The van der Waals surface area contributed by atoms with Crippen molar-refractivity contribution in [1.82, 2.24) is 10.3 Å². The van der Waals surface area contributed by atoms with Gasteiger partial charge in [0.2, 0.25) is 5.91 Å². The number of rotatable bonds is 6. The number of aromatic nitrogens is 1. The van der Waals surface area contributed by atoms with Crippen molar-refractivity contribution in [2.24, 2.45) is 0 Å². The lowest BCUT2D eigenvalue weighted by Crippen LogP contribution is -2.15. The number of nitrogens with one attached hydrogen (secondary N) is 2. The maximum atomic E-state index is 11.5. The zero-order chi connectivity index (χ0) is 11.4. The van der Waals surface area contributed by atoms with E-state index in [4.69, 9.17) is 0 Å². The minimum absolute atomic E-state index is 0. The third kappa shape index (κ3) is 4.61. The second-order valence-corrected chi connectivity index (χ2v) is 4.97. The van der Waals surface area contributed by atoms with Crippen molar-refractivity contribution in [2.45, 2.75) is 31.6 Å². The van der Waals surface area contributed by atoms with Gasteiger partial charge in [-0.15, -0.1) is 23.7 Å². The van der Waals surface area contributed by atoms with E-state index in [-0.39, 0.29) is 18.3 Å². The summed E-state index contributed by atoms with van der Waals surface area (Å²) in [6, 6.07) is 0. The molecule has 1 saturated carbocycles. The summed E-state index contributed by atoms with van der Waals surface area (Å²) in [4.78, 5) is 15.9. The van der Waals surface area contributed by atoms with Crippen LogP contribution in [-0.4, -0.2) is 24.5 Å². The van der Waals surface area contributed by atoms with E-state index < -0.39 is 0 Å². The molecule has 1 aliphatic rings. The zero-order valence-corrected chi connectivity index (χ0v) is 11.5. The fourth-order valence-corrected chi connectivity index (χ4v) is 2.33. The van der Waals surface area contributed by atoms with Crippen molar-refractivity contribution in [3.63, 3.8) is 0 Å². The molecule has 0 aliphatic heterocycles. The maximum Gasteiger partial charge on any atom is 0.226 e. The van der Waals surface area contributed by atoms with Gasteiger partial charge in [-0.3, -0.25) is 4.79 Å². The highest BCUT2D eigenvalue weighted by atomic mass is 35.5. The van der Waals surface area contributed by atoms with Gasteiger partial charge < -0.3 is 10.6 Å². The molecule has 0 saturated heterocycles. The first-order valence-corrected chi connectivity index (χ1v) is 6.57. The Kier molecular flexibility index (Phi) is 5.88. The largest absolute Gasteiger partial charge is 0.320 e. The van der Waals surface area contributed by atoms with Crippen LogP contribution in [0.2, 0.25) is 0 Å². The van der Waals surface area contributed by atoms with Crippen molar-refractivity contribution in [3.8, 4) is 0 Å². The number of amides is 1. The molecule has 1 amide bonds. The van der Waals surface area contributed by atoms with E-state index in [1.165, 1.54) is 24.2 Å². The molecule has 1 aromatic rings. The molecule has 0 bridgehead atoms. The minimum atomic E-state index is 0. The van der Waals surface area contributed by atoms with Gasteiger partial charge in [0.25, 0.3) is 0 Å². The summed E-state index contributed by atoms with van der Waals surface area (Å²) in [7, 11) is 1.89. The first kappa shape index (κ1) is 14.4. The number of carbonyl (C=O) groups excluding carboxylic acids is 1.